The predicted molar refractivity (Wildman–Crippen MR) is 60.4 cm³/mol. The van der Waals surface area contributed by atoms with E-state index in [4.69, 9.17) is 10.2 Å². The molecule has 2 N–H and O–H groups in total. The van der Waals surface area contributed by atoms with Crippen molar-refractivity contribution in [3.05, 3.63) is 0 Å². The molecule has 0 heterocycles. The molecule has 0 aliphatic heterocycles. The minimum atomic E-state index is -0.851. The zero-order valence-electron chi connectivity index (χ0n) is 10.1. The summed E-state index contributed by atoms with van der Waals surface area (Å²) in [5, 5.41) is 17.4. The Hall–Kier alpha value is -1.10. The molecule has 5 heteroatoms. The number of carbonyl (C=O) groups is 2. The van der Waals surface area contributed by atoms with E-state index < -0.39 is 17.9 Å². The molecule has 0 radical (unpaired) electrons. The lowest BCUT2D eigenvalue weighted by Crippen LogP contribution is -2.39. The van der Waals surface area contributed by atoms with Gasteiger partial charge in [0.1, 0.15) is 0 Å². The van der Waals surface area contributed by atoms with Crippen molar-refractivity contribution in [2.75, 3.05) is 13.1 Å². The summed E-state index contributed by atoms with van der Waals surface area (Å²) in [5.74, 6) is -2.16. The van der Waals surface area contributed by atoms with Crippen LogP contribution in [0.15, 0.2) is 0 Å². The molecule has 0 aliphatic rings. The van der Waals surface area contributed by atoms with Crippen LogP contribution >= 0.6 is 0 Å². The van der Waals surface area contributed by atoms with E-state index in [1.807, 2.05) is 18.7 Å². The highest BCUT2D eigenvalue weighted by Gasteiger charge is 2.19. The Kier molecular flexibility index (Phi) is 6.72. The van der Waals surface area contributed by atoms with Crippen molar-refractivity contribution in [2.24, 2.45) is 5.92 Å². The van der Waals surface area contributed by atoms with Crippen LogP contribution in [0, 0.1) is 5.92 Å². The maximum absolute atomic E-state index is 10.7. The molecule has 0 aliphatic carbocycles. The van der Waals surface area contributed by atoms with Crippen molar-refractivity contribution < 1.29 is 19.8 Å². The topological polar surface area (TPSA) is 77.8 Å². The first kappa shape index (κ1) is 14.9. The van der Waals surface area contributed by atoms with Crippen molar-refractivity contribution >= 4 is 11.9 Å². The maximum atomic E-state index is 10.7. The van der Waals surface area contributed by atoms with Gasteiger partial charge in [-0.25, -0.2) is 0 Å². The molecule has 2 unspecified atom stereocenters. The number of carboxylic acid groups (broad SMARTS) is 2. The average molecular weight is 231 g/mol. The fraction of sp³-hybridized carbons (Fsp3) is 0.818. The van der Waals surface area contributed by atoms with Gasteiger partial charge in [0.25, 0.3) is 0 Å². The summed E-state index contributed by atoms with van der Waals surface area (Å²) >= 11 is 0. The van der Waals surface area contributed by atoms with E-state index in [2.05, 4.69) is 0 Å². The second-order valence-electron chi connectivity index (χ2n) is 4.14. The summed E-state index contributed by atoms with van der Waals surface area (Å²) in [5.41, 5.74) is 0. The molecule has 0 rings (SSSR count). The molecule has 0 saturated heterocycles. The minimum Gasteiger partial charge on any atom is -0.481 e. The molecular formula is C11H21NO4. The number of nitrogens with zero attached hydrogens (tertiary/aromatic N) is 1. The van der Waals surface area contributed by atoms with E-state index in [0.29, 0.717) is 13.1 Å². The minimum absolute atomic E-state index is 0.0523. The van der Waals surface area contributed by atoms with Gasteiger partial charge in [0.2, 0.25) is 0 Å². The number of hydrogen-bond donors (Lipinski definition) is 2. The van der Waals surface area contributed by atoms with Gasteiger partial charge in [-0.3, -0.25) is 14.5 Å². The number of rotatable bonds is 8. The highest BCUT2D eigenvalue weighted by molar-refractivity contribution is 5.69. The van der Waals surface area contributed by atoms with Gasteiger partial charge in [0.05, 0.1) is 12.3 Å². The Balaban J connectivity index is 4.30. The van der Waals surface area contributed by atoms with Gasteiger partial charge in [0.15, 0.2) is 0 Å². The fourth-order valence-corrected chi connectivity index (χ4v) is 1.42. The molecule has 0 aromatic heterocycles. The summed E-state index contributed by atoms with van der Waals surface area (Å²) in [4.78, 5) is 23.2. The lowest BCUT2D eigenvalue weighted by Gasteiger charge is -2.29. The van der Waals surface area contributed by atoms with E-state index in [-0.39, 0.29) is 12.5 Å². The van der Waals surface area contributed by atoms with Gasteiger partial charge in [0, 0.05) is 19.1 Å². The lowest BCUT2D eigenvalue weighted by atomic mass is 10.1. The SMILES string of the molecule is CCC(C)N(CCC(=O)O)CC(C)C(=O)O. The van der Waals surface area contributed by atoms with Crippen LogP contribution < -0.4 is 0 Å². The van der Waals surface area contributed by atoms with E-state index in [1.54, 1.807) is 6.92 Å². The monoisotopic (exact) mass is 231 g/mol. The lowest BCUT2D eigenvalue weighted by molar-refractivity contribution is -0.141. The van der Waals surface area contributed by atoms with Crippen LogP contribution in [0.2, 0.25) is 0 Å². The number of aliphatic carboxylic acids is 2. The predicted octanol–water partition coefficient (Wildman–Crippen LogP) is 1.28. The second kappa shape index (κ2) is 7.22. The molecule has 0 aromatic rings. The molecule has 2 atom stereocenters. The van der Waals surface area contributed by atoms with E-state index in [0.717, 1.165) is 6.42 Å². The number of carboxylic acids is 2. The normalized spacial score (nSPS) is 14.8. The van der Waals surface area contributed by atoms with Crippen LogP contribution in [0.4, 0.5) is 0 Å². The largest absolute Gasteiger partial charge is 0.481 e. The van der Waals surface area contributed by atoms with Crippen molar-refractivity contribution in [2.45, 2.75) is 39.7 Å². The average Bonchev–Trinajstić information content (AvgIpc) is 2.22. The van der Waals surface area contributed by atoms with Crippen LogP contribution in [-0.2, 0) is 9.59 Å². The highest BCUT2D eigenvalue weighted by atomic mass is 16.4. The summed E-state index contributed by atoms with van der Waals surface area (Å²) in [6.07, 6.45) is 0.933. The van der Waals surface area contributed by atoms with Gasteiger partial charge in [-0.2, -0.15) is 0 Å². The Morgan fingerprint density at radius 2 is 1.81 bits per heavy atom. The van der Waals surface area contributed by atoms with Crippen LogP contribution in [0.5, 0.6) is 0 Å². The fourth-order valence-electron chi connectivity index (χ4n) is 1.42. The number of hydrogen-bond acceptors (Lipinski definition) is 3. The zero-order valence-corrected chi connectivity index (χ0v) is 10.1. The van der Waals surface area contributed by atoms with Crippen LogP contribution in [0.25, 0.3) is 0 Å². The van der Waals surface area contributed by atoms with Gasteiger partial charge in [-0.1, -0.05) is 13.8 Å². The van der Waals surface area contributed by atoms with Crippen molar-refractivity contribution in [3.8, 4) is 0 Å². The molecule has 16 heavy (non-hydrogen) atoms. The van der Waals surface area contributed by atoms with E-state index in [1.165, 1.54) is 0 Å². The first-order valence-electron chi connectivity index (χ1n) is 5.57. The molecule has 0 spiro atoms. The van der Waals surface area contributed by atoms with Crippen LogP contribution in [0.3, 0.4) is 0 Å². The van der Waals surface area contributed by atoms with Crippen molar-refractivity contribution in [3.63, 3.8) is 0 Å². The summed E-state index contributed by atoms with van der Waals surface area (Å²) < 4.78 is 0. The molecule has 0 fully saturated rings. The van der Waals surface area contributed by atoms with Gasteiger partial charge < -0.3 is 10.2 Å². The van der Waals surface area contributed by atoms with Crippen molar-refractivity contribution in [1.82, 2.24) is 4.90 Å². The molecule has 94 valence electrons. The van der Waals surface area contributed by atoms with Gasteiger partial charge in [-0.15, -0.1) is 0 Å². The van der Waals surface area contributed by atoms with E-state index in [9.17, 15) is 9.59 Å². The maximum Gasteiger partial charge on any atom is 0.307 e. The van der Waals surface area contributed by atoms with E-state index >= 15 is 0 Å². The summed E-state index contributed by atoms with van der Waals surface area (Å²) in [7, 11) is 0. The van der Waals surface area contributed by atoms with Crippen molar-refractivity contribution in [1.29, 1.82) is 0 Å². The van der Waals surface area contributed by atoms with Gasteiger partial charge in [-0.05, 0) is 13.3 Å². The Morgan fingerprint density at radius 1 is 1.25 bits per heavy atom. The second-order valence-corrected chi connectivity index (χ2v) is 4.14. The molecule has 5 nitrogen and oxygen atoms in total. The Labute approximate surface area is 96.1 Å². The highest BCUT2D eigenvalue weighted by Crippen LogP contribution is 2.09. The molecule has 0 amide bonds. The standard InChI is InChI=1S/C11H21NO4/c1-4-9(3)12(6-5-10(13)14)7-8(2)11(15)16/h8-9H,4-7H2,1-3H3,(H,13,14)(H,15,16). The summed E-state index contributed by atoms with van der Waals surface area (Å²) in [6.45, 7) is 6.43. The molecular weight excluding hydrogens is 210 g/mol. The third-order valence-corrected chi connectivity index (χ3v) is 2.76. The molecule has 0 aromatic carbocycles. The van der Waals surface area contributed by atoms with Gasteiger partial charge >= 0.3 is 11.9 Å². The summed E-state index contributed by atoms with van der Waals surface area (Å²) in [6, 6.07) is 0.209. The van der Waals surface area contributed by atoms with Crippen LogP contribution in [0.1, 0.15) is 33.6 Å². The third-order valence-electron chi connectivity index (χ3n) is 2.76. The van der Waals surface area contributed by atoms with Crippen LogP contribution in [-0.4, -0.2) is 46.2 Å². The quantitative estimate of drug-likeness (QED) is 0.658. The molecule has 0 bridgehead atoms. The smallest absolute Gasteiger partial charge is 0.307 e. The third kappa shape index (κ3) is 5.70. The Morgan fingerprint density at radius 3 is 2.19 bits per heavy atom. The molecule has 0 saturated carbocycles. The zero-order chi connectivity index (χ0) is 12.7. The Bertz CT molecular complexity index is 242. The first-order chi connectivity index (χ1) is 7.38. The first-order valence-corrected chi connectivity index (χ1v) is 5.57.